The molecule has 1 atom stereocenters. The third-order valence-electron chi connectivity index (χ3n) is 4.73. The number of nitrogens with one attached hydrogen (secondary N) is 1. The van der Waals surface area contributed by atoms with Gasteiger partial charge in [0, 0.05) is 23.2 Å². The van der Waals surface area contributed by atoms with Crippen LogP contribution in [0.2, 0.25) is 0 Å². The van der Waals surface area contributed by atoms with E-state index in [1.165, 1.54) is 10.8 Å². The van der Waals surface area contributed by atoms with Crippen molar-refractivity contribution < 1.29 is 4.42 Å². The van der Waals surface area contributed by atoms with Gasteiger partial charge in [0.25, 0.3) is 0 Å². The van der Waals surface area contributed by atoms with Gasteiger partial charge in [0.05, 0.1) is 11.0 Å². The number of aliphatic imine (C=N–C) groups is 2. The molecule has 0 saturated carbocycles. The topological polar surface area (TPSA) is 54.8 Å². The Bertz CT molecular complexity index is 1200. The largest absolute Gasteiger partial charge is 0.468 e. The number of aromatic nitrogens is 1. The first-order valence-electron chi connectivity index (χ1n) is 9.11. The van der Waals surface area contributed by atoms with E-state index in [2.05, 4.69) is 63.4 Å². The lowest BCUT2D eigenvalue weighted by molar-refractivity contribution is 0.565. The molecule has 2 aromatic heterocycles. The first kappa shape index (κ1) is 16.3. The van der Waals surface area contributed by atoms with Crippen LogP contribution in [0.3, 0.4) is 0 Å². The van der Waals surface area contributed by atoms with Gasteiger partial charge in [-0.15, -0.1) is 0 Å². The van der Waals surface area contributed by atoms with E-state index in [9.17, 15) is 0 Å². The lowest BCUT2D eigenvalue weighted by Crippen LogP contribution is -2.16. The van der Waals surface area contributed by atoms with Crippen molar-refractivity contribution in [3.8, 4) is 0 Å². The van der Waals surface area contributed by atoms with Crippen LogP contribution in [-0.4, -0.2) is 17.0 Å². The van der Waals surface area contributed by atoms with Gasteiger partial charge in [-0.05, 0) is 24.3 Å². The molecule has 4 aromatic rings. The fraction of sp³-hybridized carbons (Fsp3) is 0.0435. The second-order valence-corrected chi connectivity index (χ2v) is 6.44. The summed E-state index contributed by atoms with van der Waals surface area (Å²) in [6.45, 7) is 0. The molecule has 0 amide bonds. The first-order chi connectivity index (χ1) is 13.9. The van der Waals surface area contributed by atoms with E-state index in [-0.39, 0.29) is 6.29 Å². The number of allylic oxidation sites excluding steroid dienone is 4. The molecule has 0 fully saturated rings. The Labute approximate surface area is 162 Å². The van der Waals surface area contributed by atoms with Crippen LogP contribution in [0.4, 0.5) is 11.4 Å². The average Bonchev–Trinajstić information content (AvgIpc) is 3.30. The molecule has 3 heterocycles. The molecule has 0 radical (unpaired) electrons. The van der Waals surface area contributed by atoms with Crippen molar-refractivity contribution in [3.63, 3.8) is 0 Å². The number of anilines is 1. The van der Waals surface area contributed by atoms with Crippen molar-refractivity contribution >= 4 is 45.6 Å². The fourth-order valence-electron chi connectivity index (χ4n) is 3.50. The van der Waals surface area contributed by atoms with Crippen LogP contribution >= 0.6 is 0 Å². The van der Waals surface area contributed by atoms with Crippen LogP contribution in [0.25, 0.3) is 21.8 Å². The van der Waals surface area contributed by atoms with E-state index >= 15 is 0 Å². The summed E-state index contributed by atoms with van der Waals surface area (Å²) in [7, 11) is 0. The monoisotopic (exact) mass is 366 g/mol. The molecule has 0 aliphatic carbocycles. The van der Waals surface area contributed by atoms with E-state index in [1.807, 2.05) is 30.5 Å². The van der Waals surface area contributed by atoms with Crippen LogP contribution < -0.4 is 5.32 Å². The highest BCUT2D eigenvalue weighted by molar-refractivity contribution is 6.08. The van der Waals surface area contributed by atoms with Crippen molar-refractivity contribution in [2.75, 3.05) is 5.32 Å². The van der Waals surface area contributed by atoms with E-state index in [0.717, 1.165) is 22.4 Å². The fourth-order valence-corrected chi connectivity index (χ4v) is 3.50. The minimum atomic E-state index is -0.357. The Morgan fingerprint density at radius 1 is 0.786 bits per heavy atom. The molecular weight excluding hydrogens is 348 g/mol. The van der Waals surface area contributed by atoms with E-state index in [1.54, 1.807) is 18.7 Å². The van der Waals surface area contributed by atoms with Gasteiger partial charge in [-0.2, -0.15) is 0 Å². The highest BCUT2D eigenvalue weighted by atomic mass is 16.3. The predicted octanol–water partition coefficient (Wildman–Crippen LogP) is 5.85. The molecule has 1 aliphatic heterocycles. The number of fused-ring (bicyclic) bond motifs is 4. The van der Waals surface area contributed by atoms with Crippen molar-refractivity contribution in [2.24, 2.45) is 9.98 Å². The van der Waals surface area contributed by atoms with Crippen LogP contribution in [0.1, 0.15) is 6.29 Å². The minimum Gasteiger partial charge on any atom is -0.468 e. The quantitative estimate of drug-likeness (QED) is 0.459. The second-order valence-electron chi connectivity index (χ2n) is 6.44. The zero-order valence-electron chi connectivity index (χ0n) is 15.1. The standard InChI is InChI=1S/C23H18N4O/c1-2-8-14-25-23(26-20-16-28-15-19(20)24-13-7-1)27-21-11-5-3-9-17(21)18-10-4-6-12-22(18)27/h1-16,23,26H/b7-1-,8-2+,24-13?,25-14+. The number of hydrogen-bond acceptors (Lipinski definition) is 4. The molecule has 5 heteroatoms. The van der Waals surface area contributed by atoms with Crippen molar-refractivity contribution in [2.45, 2.75) is 6.29 Å². The second kappa shape index (κ2) is 7.04. The maximum atomic E-state index is 5.39. The van der Waals surface area contributed by atoms with Crippen LogP contribution in [0.5, 0.6) is 0 Å². The summed E-state index contributed by atoms with van der Waals surface area (Å²) in [5.41, 5.74) is 3.75. The molecule has 0 saturated heterocycles. The minimum absolute atomic E-state index is 0.357. The van der Waals surface area contributed by atoms with Crippen molar-refractivity contribution in [1.29, 1.82) is 0 Å². The smallest absolute Gasteiger partial charge is 0.201 e. The summed E-state index contributed by atoms with van der Waals surface area (Å²) in [6.07, 6.45) is 14.1. The lowest BCUT2D eigenvalue weighted by Gasteiger charge is -2.19. The lowest BCUT2D eigenvalue weighted by atomic mass is 10.2. The SMILES string of the molecule is C1=Nc2cocc2NC(n2c3ccccc3c3ccccc32)/N=C/C=C/C=C\1. The Balaban J connectivity index is 1.73. The third-order valence-corrected chi connectivity index (χ3v) is 4.73. The molecule has 2 aromatic carbocycles. The molecule has 5 rings (SSSR count). The Morgan fingerprint density at radius 3 is 2.21 bits per heavy atom. The molecule has 136 valence electrons. The maximum Gasteiger partial charge on any atom is 0.201 e. The summed E-state index contributed by atoms with van der Waals surface area (Å²) >= 11 is 0. The van der Waals surface area contributed by atoms with Gasteiger partial charge in [-0.3, -0.25) is 4.99 Å². The number of benzene rings is 2. The molecular formula is C23H18N4O. The van der Waals surface area contributed by atoms with Crippen LogP contribution in [0, 0.1) is 0 Å². The van der Waals surface area contributed by atoms with Gasteiger partial charge < -0.3 is 14.3 Å². The maximum absolute atomic E-state index is 5.39. The third kappa shape index (κ3) is 2.83. The highest BCUT2D eigenvalue weighted by Gasteiger charge is 2.18. The van der Waals surface area contributed by atoms with E-state index < -0.39 is 0 Å². The Kier molecular flexibility index (Phi) is 4.10. The summed E-state index contributed by atoms with van der Waals surface area (Å²) < 4.78 is 7.59. The van der Waals surface area contributed by atoms with Gasteiger partial charge in [0.1, 0.15) is 23.9 Å². The molecule has 1 N–H and O–H groups in total. The zero-order chi connectivity index (χ0) is 18.8. The van der Waals surface area contributed by atoms with E-state index in [0.29, 0.717) is 0 Å². The van der Waals surface area contributed by atoms with Gasteiger partial charge in [0.2, 0.25) is 6.29 Å². The summed E-state index contributed by atoms with van der Waals surface area (Å²) in [5.74, 6) is 0. The summed E-state index contributed by atoms with van der Waals surface area (Å²) in [6, 6.07) is 16.8. The zero-order valence-corrected chi connectivity index (χ0v) is 15.1. The van der Waals surface area contributed by atoms with E-state index in [4.69, 9.17) is 9.41 Å². The number of nitrogens with zero attached hydrogens (tertiary/aromatic N) is 3. The normalized spacial score (nSPS) is 20.1. The molecule has 0 bridgehead atoms. The summed E-state index contributed by atoms with van der Waals surface area (Å²) in [5, 5.41) is 5.88. The molecule has 0 spiro atoms. The van der Waals surface area contributed by atoms with Gasteiger partial charge in [-0.25, -0.2) is 4.99 Å². The highest BCUT2D eigenvalue weighted by Crippen LogP contribution is 2.34. The molecule has 5 nitrogen and oxygen atoms in total. The first-order valence-corrected chi connectivity index (χ1v) is 9.11. The average molecular weight is 366 g/mol. The number of rotatable bonds is 1. The number of hydrogen-bond donors (Lipinski definition) is 1. The number of furan rings is 1. The van der Waals surface area contributed by atoms with Gasteiger partial charge >= 0.3 is 0 Å². The van der Waals surface area contributed by atoms with Crippen LogP contribution in [0.15, 0.2) is 99.8 Å². The summed E-state index contributed by atoms with van der Waals surface area (Å²) in [4.78, 5) is 9.25. The number of para-hydroxylation sites is 2. The van der Waals surface area contributed by atoms with Crippen molar-refractivity contribution in [1.82, 2.24) is 4.57 Å². The molecule has 28 heavy (non-hydrogen) atoms. The molecule has 1 unspecified atom stereocenters. The van der Waals surface area contributed by atoms with Gasteiger partial charge in [-0.1, -0.05) is 48.6 Å². The van der Waals surface area contributed by atoms with Crippen molar-refractivity contribution in [3.05, 3.63) is 85.4 Å². The van der Waals surface area contributed by atoms with Gasteiger partial charge in [0.15, 0.2) is 0 Å². The predicted molar refractivity (Wildman–Crippen MR) is 116 cm³/mol. The Morgan fingerprint density at radius 2 is 1.46 bits per heavy atom. The molecule has 1 aliphatic rings. The Hall–Kier alpha value is -3.86. The van der Waals surface area contributed by atoms with Crippen LogP contribution in [-0.2, 0) is 0 Å².